The van der Waals surface area contributed by atoms with E-state index in [1.54, 1.807) is 0 Å². The van der Waals surface area contributed by atoms with Gasteiger partial charge in [-0.15, -0.1) is 0 Å². The molecule has 2 aliphatic rings. The average Bonchev–Trinajstić information content (AvgIpc) is 3.09. The monoisotopic (exact) mass is 330 g/mol. The molecule has 1 saturated heterocycles. The minimum atomic E-state index is -0.561. The molecule has 0 radical (unpaired) electrons. The summed E-state index contributed by atoms with van der Waals surface area (Å²) in [6.45, 7) is 3.16. The molecule has 1 saturated carbocycles. The maximum absolute atomic E-state index is 13.8. The summed E-state index contributed by atoms with van der Waals surface area (Å²) in [6.07, 6.45) is 3.57. The van der Waals surface area contributed by atoms with Crippen LogP contribution in [0.4, 0.5) is 14.5 Å². The second kappa shape index (κ2) is 5.02. The predicted octanol–water partition coefficient (Wildman–Crippen LogP) is 3.76. The molecule has 1 aliphatic carbocycles. The SMILES string of the molecule is CC1CC(Nc2c(F)cc(F)cc2Br)CN1C1CC1. The number of rotatable bonds is 3. The molecule has 5 heteroatoms. The van der Waals surface area contributed by atoms with Gasteiger partial charge in [-0.25, -0.2) is 8.78 Å². The van der Waals surface area contributed by atoms with Crippen molar-refractivity contribution in [1.82, 2.24) is 4.90 Å². The number of hydrogen-bond acceptors (Lipinski definition) is 2. The quantitative estimate of drug-likeness (QED) is 0.907. The summed E-state index contributed by atoms with van der Waals surface area (Å²) in [6, 6.07) is 3.70. The van der Waals surface area contributed by atoms with Crippen molar-refractivity contribution >= 4 is 21.6 Å². The fraction of sp³-hybridized carbons (Fsp3) is 0.571. The van der Waals surface area contributed by atoms with Gasteiger partial charge in [0.15, 0.2) is 0 Å². The molecule has 2 fully saturated rings. The molecule has 2 unspecified atom stereocenters. The van der Waals surface area contributed by atoms with Crippen molar-refractivity contribution < 1.29 is 8.78 Å². The summed E-state index contributed by atoms with van der Waals surface area (Å²) < 4.78 is 27.3. The van der Waals surface area contributed by atoms with Gasteiger partial charge in [0.1, 0.15) is 11.6 Å². The van der Waals surface area contributed by atoms with Crippen molar-refractivity contribution in [3.63, 3.8) is 0 Å². The predicted molar refractivity (Wildman–Crippen MR) is 75.3 cm³/mol. The second-order valence-corrected chi connectivity index (χ2v) is 6.45. The summed E-state index contributed by atoms with van der Waals surface area (Å²) in [5.74, 6) is -1.10. The number of benzene rings is 1. The Labute approximate surface area is 120 Å². The Bertz CT molecular complexity index is 467. The van der Waals surface area contributed by atoms with Crippen LogP contribution in [-0.4, -0.2) is 29.6 Å². The Morgan fingerprint density at radius 2 is 2.05 bits per heavy atom. The number of likely N-dealkylation sites (tertiary alicyclic amines) is 1. The highest BCUT2D eigenvalue weighted by Crippen LogP contribution is 2.35. The van der Waals surface area contributed by atoms with Crippen molar-refractivity contribution in [2.45, 2.75) is 44.3 Å². The molecule has 0 spiro atoms. The number of nitrogens with zero attached hydrogens (tertiary/aromatic N) is 1. The number of hydrogen-bond donors (Lipinski definition) is 1. The fourth-order valence-corrected chi connectivity index (χ4v) is 3.48. The van der Waals surface area contributed by atoms with Crippen LogP contribution in [0.5, 0.6) is 0 Å². The lowest BCUT2D eigenvalue weighted by Gasteiger charge is -2.20. The Morgan fingerprint density at radius 1 is 1.32 bits per heavy atom. The Balaban J connectivity index is 1.72. The van der Waals surface area contributed by atoms with Crippen LogP contribution in [-0.2, 0) is 0 Å². The van der Waals surface area contributed by atoms with Gasteiger partial charge in [0, 0.05) is 35.2 Å². The molecule has 1 N–H and O–H groups in total. The van der Waals surface area contributed by atoms with Gasteiger partial charge >= 0.3 is 0 Å². The normalized spacial score (nSPS) is 27.8. The van der Waals surface area contributed by atoms with Crippen molar-refractivity contribution in [2.75, 3.05) is 11.9 Å². The molecule has 1 aromatic rings. The first-order valence-corrected chi connectivity index (χ1v) is 7.50. The Kier molecular flexibility index (Phi) is 3.52. The molecule has 0 amide bonds. The zero-order valence-corrected chi connectivity index (χ0v) is 12.4. The molecule has 1 aromatic carbocycles. The van der Waals surface area contributed by atoms with Crippen LogP contribution >= 0.6 is 15.9 Å². The molecule has 1 heterocycles. The molecule has 3 rings (SSSR count). The minimum absolute atomic E-state index is 0.229. The second-order valence-electron chi connectivity index (χ2n) is 5.60. The van der Waals surface area contributed by atoms with E-state index in [4.69, 9.17) is 0 Å². The van der Waals surface area contributed by atoms with Crippen LogP contribution in [0.15, 0.2) is 16.6 Å². The zero-order chi connectivity index (χ0) is 13.6. The van der Waals surface area contributed by atoms with Crippen molar-refractivity contribution in [2.24, 2.45) is 0 Å². The number of halogens is 3. The molecular formula is C14H17BrF2N2. The third kappa shape index (κ3) is 2.77. The van der Waals surface area contributed by atoms with Crippen LogP contribution in [0.1, 0.15) is 26.2 Å². The van der Waals surface area contributed by atoms with Crippen LogP contribution in [0.3, 0.4) is 0 Å². The molecular weight excluding hydrogens is 314 g/mol. The highest BCUT2D eigenvalue weighted by atomic mass is 79.9. The van der Waals surface area contributed by atoms with E-state index in [-0.39, 0.29) is 6.04 Å². The van der Waals surface area contributed by atoms with Gasteiger partial charge in [0.05, 0.1) is 5.69 Å². The van der Waals surface area contributed by atoms with E-state index in [1.807, 2.05) is 0 Å². The minimum Gasteiger partial charge on any atom is -0.378 e. The maximum atomic E-state index is 13.8. The summed E-state index contributed by atoms with van der Waals surface area (Å²) >= 11 is 3.22. The first kappa shape index (κ1) is 13.3. The molecule has 2 nitrogen and oxygen atoms in total. The highest BCUT2D eigenvalue weighted by Gasteiger charge is 2.38. The van der Waals surface area contributed by atoms with Gasteiger partial charge in [0.25, 0.3) is 0 Å². The summed E-state index contributed by atoms with van der Waals surface area (Å²) in [4.78, 5) is 2.49. The van der Waals surface area contributed by atoms with Crippen LogP contribution in [0.2, 0.25) is 0 Å². The smallest absolute Gasteiger partial charge is 0.150 e. The third-order valence-electron chi connectivity index (χ3n) is 3.99. The van der Waals surface area contributed by atoms with Crippen LogP contribution in [0.25, 0.3) is 0 Å². The molecule has 1 aliphatic heterocycles. The van der Waals surface area contributed by atoms with E-state index in [0.717, 1.165) is 25.1 Å². The lowest BCUT2D eigenvalue weighted by atomic mass is 10.2. The standard InChI is InChI=1S/C14H17BrF2N2/c1-8-4-10(7-19(8)11-2-3-11)18-14-12(15)5-9(16)6-13(14)17/h5-6,8,10-11,18H,2-4,7H2,1H3. The summed E-state index contributed by atoms with van der Waals surface area (Å²) in [5.41, 5.74) is 0.372. The largest absolute Gasteiger partial charge is 0.378 e. The van der Waals surface area contributed by atoms with Crippen molar-refractivity contribution in [3.05, 3.63) is 28.2 Å². The highest BCUT2D eigenvalue weighted by molar-refractivity contribution is 9.10. The topological polar surface area (TPSA) is 15.3 Å². The molecule has 0 bridgehead atoms. The van der Waals surface area contributed by atoms with E-state index in [0.29, 0.717) is 16.2 Å². The number of anilines is 1. The van der Waals surface area contributed by atoms with E-state index in [9.17, 15) is 8.78 Å². The van der Waals surface area contributed by atoms with Gasteiger partial charge < -0.3 is 5.32 Å². The van der Waals surface area contributed by atoms with Gasteiger partial charge in [-0.3, -0.25) is 4.90 Å². The molecule has 0 aromatic heterocycles. The van der Waals surface area contributed by atoms with Crippen molar-refractivity contribution in [1.29, 1.82) is 0 Å². The van der Waals surface area contributed by atoms with Gasteiger partial charge in [-0.2, -0.15) is 0 Å². The van der Waals surface area contributed by atoms with Crippen LogP contribution in [0, 0.1) is 11.6 Å². The van der Waals surface area contributed by atoms with E-state index < -0.39 is 11.6 Å². The fourth-order valence-electron chi connectivity index (χ4n) is 2.96. The van der Waals surface area contributed by atoms with E-state index in [2.05, 4.69) is 33.1 Å². The van der Waals surface area contributed by atoms with Gasteiger partial charge in [-0.05, 0) is 48.2 Å². The van der Waals surface area contributed by atoms with E-state index in [1.165, 1.54) is 18.9 Å². The summed E-state index contributed by atoms with van der Waals surface area (Å²) in [7, 11) is 0. The van der Waals surface area contributed by atoms with E-state index >= 15 is 0 Å². The van der Waals surface area contributed by atoms with Crippen LogP contribution < -0.4 is 5.32 Å². The Hall–Kier alpha value is -0.680. The maximum Gasteiger partial charge on any atom is 0.150 e. The first-order valence-electron chi connectivity index (χ1n) is 6.71. The number of nitrogens with one attached hydrogen (secondary N) is 1. The molecule has 2 atom stereocenters. The summed E-state index contributed by atoms with van der Waals surface area (Å²) in [5, 5.41) is 3.22. The molecule has 19 heavy (non-hydrogen) atoms. The van der Waals surface area contributed by atoms with Gasteiger partial charge in [0.2, 0.25) is 0 Å². The molecule has 104 valence electrons. The Morgan fingerprint density at radius 3 is 2.68 bits per heavy atom. The van der Waals surface area contributed by atoms with Gasteiger partial charge in [-0.1, -0.05) is 0 Å². The average molecular weight is 331 g/mol. The lowest BCUT2D eigenvalue weighted by molar-refractivity contribution is 0.257. The third-order valence-corrected chi connectivity index (χ3v) is 4.62. The van der Waals surface area contributed by atoms with Crippen molar-refractivity contribution in [3.8, 4) is 0 Å². The first-order chi connectivity index (χ1) is 9.04. The zero-order valence-electron chi connectivity index (χ0n) is 10.8. The lowest BCUT2D eigenvalue weighted by Crippen LogP contribution is -2.31.